The molecule has 6 heteroatoms. The van der Waals surface area contributed by atoms with Crippen molar-refractivity contribution in [3.8, 4) is 16.9 Å². The molecule has 2 aromatic carbocycles. The number of benzene rings is 2. The number of carbonyl (C=O) groups is 1. The van der Waals surface area contributed by atoms with Gasteiger partial charge in [0.05, 0.1) is 18.2 Å². The molecule has 0 unspecified atom stereocenters. The Morgan fingerprint density at radius 3 is 2.69 bits per heavy atom. The molecule has 1 fully saturated rings. The molecule has 0 aliphatic heterocycles. The monoisotopic (exact) mass is 488 g/mol. The number of aromatic nitrogens is 2. The Labute approximate surface area is 213 Å². The van der Waals surface area contributed by atoms with Crippen LogP contribution in [0.25, 0.3) is 11.1 Å². The first-order chi connectivity index (χ1) is 17.1. The van der Waals surface area contributed by atoms with Crippen molar-refractivity contribution in [2.75, 3.05) is 7.11 Å². The molecule has 190 valence electrons. The van der Waals surface area contributed by atoms with E-state index < -0.39 is 5.97 Å². The summed E-state index contributed by atoms with van der Waals surface area (Å²) in [5.74, 6) is -0.150. The molecule has 2 aliphatic rings. The van der Waals surface area contributed by atoms with E-state index in [9.17, 15) is 9.90 Å². The van der Waals surface area contributed by atoms with Gasteiger partial charge < -0.3 is 14.6 Å². The van der Waals surface area contributed by atoms with E-state index in [1.165, 1.54) is 11.1 Å². The zero-order chi connectivity index (χ0) is 25.7. The van der Waals surface area contributed by atoms with E-state index in [-0.39, 0.29) is 22.9 Å². The fourth-order valence-electron chi connectivity index (χ4n) is 6.11. The van der Waals surface area contributed by atoms with Crippen LogP contribution in [0.5, 0.6) is 5.75 Å². The second kappa shape index (κ2) is 9.07. The van der Waals surface area contributed by atoms with E-state index >= 15 is 0 Å². The van der Waals surface area contributed by atoms with Crippen LogP contribution in [0.15, 0.2) is 48.8 Å². The lowest BCUT2D eigenvalue weighted by molar-refractivity contribution is -0.139. The maximum atomic E-state index is 11.7. The van der Waals surface area contributed by atoms with Gasteiger partial charge in [-0.3, -0.25) is 9.48 Å². The number of aliphatic carboxylic acids is 1. The van der Waals surface area contributed by atoms with E-state index in [1.54, 1.807) is 7.11 Å². The molecule has 3 atom stereocenters. The highest BCUT2D eigenvalue weighted by atomic mass is 16.5. The summed E-state index contributed by atoms with van der Waals surface area (Å²) in [6.07, 6.45) is 7.56. The van der Waals surface area contributed by atoms with Crippen molar-refractivity contribution < 1.29 is 19.4 Å². The van der Waals surface area contributed by atoms with Crippen molar-refractivity contribution in [3.63, 3.8) is 0 Å². The highest BCUT2D eigenvalue weighted by Gasteiger charge is 2.60. The number of hydrogen-bond donors (Lipinski definition) is 1. The Morgan fingerprint density at radius 2 is 2.06 bits per heavy atom. The van der Waals surface area contributed by atoms with Crippen molar-refractivity contribution >= 4 is 5.97 Å². The zero-order valence-corrected chi connectivity index (χ0v) is 21.9. The first-order valence-electron chi connectivity index (χ1n) is 12.8. The Hall–Kier alpha value is -3.12. The Morgan fingerprint density at radius 1 is 1.25 bits per heavy atom. The van der Waals surface area contributed by atoms with Crippen molar-refractivity contribution in [2.24, 2.45) is 18.4 Å². The number of ether oxygens (including phenoxy) is 2. The number of hydrogen-bond acceptors (Lipinski definition) is 4. The zero-order valence-electron chi connectivity index (χ0n) is 21.9. The molecule has 1 saturated carbocycles. The summed E-state index contributed by atoms with van der Waals surface area (Å²) in [5.41, 5.74) is 6.50. The maximum Gasteiger partial charge on any atom is 0.307 e. The summed E-state index contributed by atoms with van der Waals surface area (Å²) in [7, 11) is 3.68. The summed E-state index contributed by atoms with van der Waals surface area (Å²) in [6.45, 7) is 6.97. The summed E-state index contributed by atoms with van der Waals surface area (Å²) in [4.78, 5) is 11.7. The van der Waals surface area contributed by atoms with Gasteiger partial charge in [-0.25, -0.2) is 0 Å². The van der Waals surface area contributed by atoms with Crippen LogP contribution in [0.1, 0.15) is 68.4 Å². The SMILES string of the molecule is CO[C@@H](c1cc(COc2ccc3c(c2)[C@@]2(CCC3)C[C@@H]2C(=O)O)ccc1-c1cnn(C)c1)C(C)(C)C. The first kappa shape index (κ1) is 24.6. The van der Waals surface area contributed by atoms with Crippen LogP contribution >= 0.6 is 0 Å². The van der Waals surface area contributed by atoms with E-state index in [4.69, 9.17) is 9.47 Å². The van der Waals surface area contributed by atoms with Gasteiger partial charge in [0, 0.05) is 31.3 Å². The minimum atomic E-state index is -0.679. The van der Waals surface area contributed by atoms with Gasteiger partial charge in [0.25, 0.3) is 0 Å². The Balaban J connectivity index is 1.42. The first-order valence-corrected chi connectivity index (χ1v) is 12.8. The average Bonchev–Trinajstić information content (AvgIpc) is 3.39. The van der Waals surface area contributed by atoms with Gasteiger partial charge in [-0.1, -0.05) is 39.0 Å². The molecule has 0 bridgehead atoms. The largest absolute Gasteiger partial charge is 0.489 e. The molecule has 0 amide bonds. The quantitative estimate of drug-likeness (QED) is 0.436. The van der Waals surface area contributed by atoms with Crippen LogP contribution in [-0.2, 0) is 35.0 Å². The molecule has 3 aromatic rings. The van der Waals surface area contributed by atoms with Gasteiger partial charge in [-0.05, 0) is 77.1 Å². The lowest BCUT2D eigenvalue weighted by Gasteiger charge is -2.31. The molecule has 36 heavy (non-hydrogen) atoms. The van der Waals surface area contributed by atoms with Gasteiger partial charge in [0.2, 0.25) is 0 Å². The minimum absolute atomic E-state index is 0.0943. The third kappa shape index (κ3) is 4.43. The van der Waals surface area contributed by atoms with Crippen molar-refractivity contribution in [2.45, 2.75) is 64.6 Å². The van der Waals surface area contributed by atoms with Crippen LogP contribution in [-0.4, -0.2) is 28.0 Å². The number of aryl methyl sites for hydroxylation is 2. The second-order valence-corrected chi connectivity index (χ2v) is 11.5. The fraction of sp³-hybridized carbons (Fsp3) is 0.467. The van der Waals surface area contributed by atoms with Crippen LogP contribution in [0.2, 0.25) is 0 Å². The maximum absolute atomic E-state index is 11.7. The van der Waals surface area contributed by atoms with E-state index in [1.807, 2.05) is 30.2 Å². The van der Waals surface area contributed by atoms with Crippen molar-refractivity contribution in [3.05, 3.63) is 71.0 Å². The third-order valence-electron chi connectivity index (χ3n) is 7.90. The minimum Gasteiger partial charge on any atom is -0.489 e. The van der Waals surface area contributed by atoms with Crippen LogP contribution in [0.4, 0.5) is 0 Å². The molecule has 2 aliphatic carbocycles. The smallest absolute Gasteiger partial charge is 0.307 e. The summed E-state index contributed by atoms with van der Waals surface area (Å²) < 4.78 is 14.1. The summed E-state index contributed by atoms with van der Waals surface area (Å²) in [6, 6.07) is 12.7. The molecule has 1 heterocycles. The van der Waals surface area contributed by atoms with E-state index in [0.717, 1.165) is 53.7 Å². The van der Waals surface area contributed by atoms with Gasteiger partial charge in [0.15, 0.2) is 0 Å². The number of methoxy groups -OCH3 is 1. The number of rotatable bonds is 7. The van der Waals surface area contributed by atoms with Gasteiger partial charge in [-0.2, -0.15) is 5.10 Å². The van der Waals surface area contributed by atoms with Crippen LogP contribution in [0.3, 0.4) is 0 Å². The normalized spacial score (nSPS) is 21.8. The predicted octanol–water partition coefficient (Wildman–Crippen LogP) is 6.08. The van der Waals surface area contributed by atoms with E-state index in [2.05, 4.69) is 56.2 Å². The van der Waals surface area contributed by atoms with Crippen LogP contribution in [0, 0.1) is 11.3 Å². The fourth-order valence-corrected chi connectivity index (χ4v) is 6.11. The number of carboxylic acid groups (broad SMARTS) is 1. The van der Waals surface area contributed by atoms with E-state index in [0.29, 0.717) is 6.61 Å². The standard InChI is InChI=1S/C30H36N2O4/c1-29(2,3)27(35-5)24-13-19(8-11-23(24)21-16-31-32(4)17-21)18-36-22-10-9-20-7-6-12-30(25(20)14-22)15-26(30)28(33)34/h8-11,13-14,16-17,26-27H,6-7,12,15,18H2,1-5H3,(H,33,34)/t26-,27+,30-/m1/s1. The predicted molar refractivity (Wildman–Crippen MR) is 139 cm³/mol. The molecule has 0 radical (unpaired) electrons. The van der Waals surface area contributed by atoms with Gasteiger partial charge in [-0.15, -0.1) is 0 Å². The molecule has 1 spiro atoms. The number of fused-ring (bicyclic) bond motifs is 2. The third-order valence-corrected chi connectivity index (χ3v) is 7.90. The molecule has 1 aromatic heterocycles. The summed E-state index contributed by atoms with van der Waals surface area (Å²) >= 11 is 0. The average molecular weight is 489 g/mol. The highest BCUT2D eigenvalue weighted by molar-refractivity contribution is 5.78. The molecule has 0 saturated heterocycles. The molecule has 1 N–H and O–H groups in total. The molecule has 5 rings (SSSR count). The lowest BCUT2D eigenvalue weighted by Crippen LogP contribution is -2.21. The topological polar surface area (TPSA) is 73.6 Å². The molecule has 6 nitrogen and oxygen atoms in total. The Kier molecular flexibility index (Phi) is 6.19. The second-order valence-electron chi connectivity index (χ2n) is 11.5. The lowest BCUT2D eigenvalue weighted by atomic mass is 9.78. The number of carboxylic acids is 1. The molecular weight excluding hydrogens is 452 g/mol. The Bertz CT molecular complexity index is 1290. The van der Waals surface area contributed by atoms with Crippen molar-refractivity contribution in [1.82, 2.24) is 9.78 Å². The van der Waals surface area contributed by atoms with Crippen molar-refractivity contribution in [1.29, 1.82) is 0 Å². The van der Waals surface area contributed by atoms with Gasteiger partial charge in [0.1, 0.15) is 12.4 Å². The number of nitrogens with zero attached hydrogens (tertiary/aromatic N) is 2. The summed E-state index contributed by atoms with van der Waals surface area (Å²) in [5, 5.41) is 14.0. The molecular formula is C30H36N2O4. The van der Waals surface area contributed by atoms with Crippen LogP contribution < -0.4 is 4.74 Å². The van der Waals surface area contributed by atoms with Gasteiger partial charge >= 0.3 is 5.97 Å². The highest BCUT2D eigenvalue weighted by Crippen LogP contribution is 2.60.